The van der Waals surface area contributed by atoms with Crippen molar-refractivity contribution in [3.63, 3.8) is 0 Å². The number of hydrogen-bond acceptors (Lipinski definition) is 3. The fraction of sp³-hybridized carbons (Fsp3) is 0.714. The fourth-order valence-corrected chi connectivity index (χ4v) is 6.91. The molecule has 0 aromatic heterocycles. The molecule has 2 aliphatic carbocycles. The molecule has 0 spiro atoms. The molecule has 2 unspecified atom stereocenters. The van der Waals surface area contributed by atoms with Crippen molar-refractivity contribution in [2.75, 3.05) is 13.1 Å². The maximum Gasteiger partial charge on any atom is 0.123 e. The first-order chi connectivity index (χ1) is 11.2. The number of phenols is 2. The van der Waals surface area contributed by atoms with Crippen molar-refractivity contribution in [1.29, 1.82) is 0 Å². The third-order valence-corrected chi connectivity index (χ3v) is 7.86. The predicted octanol–water partition coefficient (Wildman–Crippen LogP) is 3.96. The van der Waals surface area contributed by atoms with E-state index in [9.17, 15) is 10.2 Å². The zero-order valence-electron chi connectivity index (χ0n) is 15.4. The van der Waals surface area contributed by atoms with E-state index in [0.717, 1.165) is 37.1 Å². The molecule has 3 heteroatoms. The summed E-state index contributed by atoms with van der Waals surface area (Å²) in [5.74, 6) is 1.72. The van der Waals surface area contributed by atoms with Crippen LogP contribution >= 0.6 is 0 Å². The summed E-state index contributed by atoms with van der Waals surface area (Å²) in [4.78, 5) is 0. The van der Waals surface area contributed by atoms with Gasteiger partial charge in [0, 0.05) is 23.6 Å². The average Bonchev–Trinajstić information content (AvgIpc) is 2.71. The van der Waals surface area contributed by atoms with Crippen LogP contribution in [-0.2, 0) is 11.8 Å². The van der Waals surface area contributed by atoms with Crippen molar-refractivity contribution in [1.82, 2.24) is 5.32 Å². The van der Waals surface area contributed by atoms with Crippen molar-refractivity contribution in [2.45, 2.75) is 58.8 Å². The van der Waals surface area contributed by atoms with E-state index in [0.29, 0.717) is 23.0 Å². The highest BCUT2D eigenvalue weighted by atomic mass is 16.3. The molecule has 0 bridgehead atoms. The van der Waals surface area contributed by atoms with Crippen LogP contribution in [0.4, 0.5) is 0 Å². The highest BCUT2D eigenvalue weighted by Gasteiger charge is 2.60. The molecule has 1 aromatic carbocycles. The van der Waals surface area contributed by atoms with Gasteiger partial charge in [-0.3, -0.25) is 0 Å². The second-order valence-corrected chi connectivity index (χ2v) is 9.69. The van der Waals surface area contributed by atoms with E-state index in [2.05, 4.69) is 33.0 Å². The zero-order chi connectivity index (χ0) is 17.3. The molecule has 1 saturated carbocycles. The van der Waals surface area contributed by atoms with E-state index >= 15 is 0 Å². The minimum Gasteiger partial charge on any atom is -0.508 e. The maximum absolute atomic E-state index is 10.6. The lowest BCUT2D eigenvalue weighted by Crippen LogP contribution is -2.53. The summed E-state index contributed by atoms with van der Waals surface area (Å²) in [6, 6.07) is 3.41. The van der Waals surface area contributed by atoms with Crippen LogP contribution < -0.4 is 5.32 Å². The summed E-state index contributed by atoms with van der Waals surface area (Å²) in [7, 11) is 0. The van der Waals surface area contributed by atoms with Gasteiger partial charge < -0.3 is 15.5 Å². The summed E-state index contributed by atoms with van der Waals surface area (Å²) in [5.41, 5.74) is 2.86. The molecule has 132 valence electrons. The summed E-state index contributed by atoms with van der Waals surface area (Å²) in [5, 5.41) is 24.2. The highest BCUT2D eigenvalue weighted by molar-refractivity contribution is 5.54. The lowest BCUT2D eigenvalue weighted by Gasteiger charge is -2.57. The van der Waals surface area contributed by atoms with Gasteiger partial charge in [0.05, 0.1) is 0 Å². The number of nitrogens with one attached hydrogen (secondary N) is 1. The molecule has 1 aromatic rings. The predicted molar refractivity (Wildman–Crippen MR) is 96.4 cm³/mol. The van der Waals surface area contributed by atoms with Crippen molar-refractivity contribution in [2.24, 2.45) is 22.7 Å². The third kappa shape index (κ3) is 2.00. The normalized spacial score (nSPS) is 40.3. The van der Waals surface area contributed by atoms with Gasteiger partial charge in [0.2, 0.25) is 0 Å². The van der Waals surface area contributed by atoms with Crippen LogP contribution in [0.3, 0.4) is 0 Å². The van der Waals surface area contributed by atoms with Crippen LogP contribution in [0.2, 0.25) is 0 Å². The lowest BCUT2D eigenvalue weighted by molar-refractivity contribution is -0.0569. The van der Waals surface area contributed by atoms with Gasteiger partial charge in [0.25, 0.3) is 0 Å². The van der Waals surface area contributed by atoms with Crippen LogP contribution in [-0.4, -0.2) is 23.3 Å². The monoisotopic (exact) mass is 329 g/mol. The third-order valence-electron chi connectivity index (χ3n) is 7.86. The van der Waals surface area contributed by atoms with Crippen LogP contribution in [0.1, 0.15) is 58.1 Å². The van der Waals surface area contributed by atoms with Crippen molar-refractivity contribution in [3.05, 3.63) is 23.3 Å². The van der Waals surface area contributed by atoms with Crippen molar-refractivity contribution < 1.29 is 10.2 Å². The van der Waals surface area contributed by atoms with Gasteiger partial charge in [-0.25, -0.2) is 0 Å². The zero-order valence-corrected chi connectivity index (χ0v) is 15.4. The Balaban J connectivity index is 1.84. The van der Waals surface area contributed by atoms with Crippen LogP contribution in [0.5, 0.6) is 11.5 Å². The molecular weight excluding hydrogens is 298 g/mol. The van der Waals surface area contributed by atoms with E-state index in [1.165, 1.54) is 18.9 Å². The lowest BCUT2D eigenvalue weighted by atomic mass is 9.47. The van der Waals surface area contributed by atoms with E-state index < -0.39 is 0 Å². The molecule has 1 aliphatic heterocycles. The Morgan fingerprint density at radius 3 is 2.54 bits per heavy atom. The van der Waals surface area contributed by atoms with Gasteiger partial charge >= 0.3 is 0 Å². The minimum absolute atomic E-state index is 0.0266. The molecular formula is C21H31NO2. The highest BCUT2D eigenvalue weighted by Crippen LogP contribution is 2.66. The molecule has 4 rings (SSSR count). The van der Waals surface area contributed by atoms with Crippen molar-refractivity contribution in [3.8, 4) is 11.5 Å². The number of hydrogen-bond donors (Lipinski definition) is 3. The summed E-state index contributed by atoms with van der Waals surface area (Å²) >= 11 is 0. The number of aromatic hydroxyl groups is 2. The largest absolute Gasteiger partial charge is 0.508 e. The topological polar surface area (TPSA) is 52.5 Å². The molecule has 24 heavy (non-hydrogen) atoms. The Bertz CT molecular complexity index is 683. The second-order valence-electron chi connectivity index (χ2n) is 9.69. The quantitative estimate of drug-likeness (QED) is 0.675. The van der Waals surface area contributed by atoms with Crippen LogP contribution in [0.25, 0.3) is 0 Å². The smallest absolute Gasteiger partial charge is 0.123 e. The van der Waals surface area contributed by atoms with E-state index in [-0.39, 0.29) is 16.6 Å². The number of rotatable bonds is 0. The number of fused-ring (bicyclic) bond motifs is 5. The molecule has 0 radical (unpaired) electrons. The molecule has 2 fully saturated rings. The Morgan fingerprint density at radius 1 is 1.04 bits per heavy atom. The van der Waals surface area contributed by atoms with Gasteiger partial charge in [-0.05, 0) is 66.5 Å². The van der Waals surface area contributed by atoms with Crippen LogP contribution in [0.15, 0.2) is 12.1 Å². The molecule has 1 saturated heterocycles. The molecule has 3 N–H and O–H groups in total. The van der Waals surface area contributed by atoms with Gasteiger partial charge in [-0.2, -0.15) is 0 Å². The Morgan fingerprint density at radius 2 is 1.79 bits per heavy atom. The first-order valence-electron chi connectivity index (χ1n) is 9.44. The Kier molecular flexibility index (Phi) is 3.32. The summed E-state index contributed by atoms with van der Waals surface area (Å²) in [6.45, 7) is 11.9. The molecule has 4 atom stereocenters. The number of phenolic OH excluding ortho intramolecular Hbond substituents is 2. The first-order valence-corrected chi connectivity index (χ1v) is 9.44. The molecule has 3 aliphatic rings. The SMILES string of the molecule is CC1(C)CNCCC2(C)C1CC[C@@]1(C)c3c(O)cc(O)cc3C[C@H]21. The molecule has 0 amide bonds. The van der Waals surface area contributed by atoms with E-state index in [4.69, 9.17) is 0 Å². The van der Waals surface area contributed by atoms with Gasteiger partial charge in [0.15, 0.2) is 0 Å². The Labute approximate surface area is 145 Å². The standard InChI is InChI=1S/C21H31NO2/c1-19(2)12-22-8-7-20(3)16(19)5-6-21(4)17(20)10-13-9-14(23)11-15(24)18(13)21/h9,11,16-17,22-24H,5-8,10,12H2,1-4H3/t16?,17-,20?,21-/m1/s1. The van der Waals surface area contributed by atoms with Crippen molar-refractivity contribution >= 4 is 0 Å². The maximum atomic E-state index is 10.6. The Hall–Kier alpha value is -1.22. The first kappa shape index (κ1) is 16.3. The van der Waals surface area contributed by atoms with Crippen LogP contribution in [0, 0.1) is 22.7 Å². The minimum atomic E-state index is 0.0266. The van der Waals surface area contributed by atoms with Gasteiger partial charge in [-0.1, -0.05) is 27.7 Å². The number of benzene rings is 1. The molecule has 3 nitrogen and oxygen atoms in total. The summed E-state index contributed by atoms with van der Waals surface area (Å²) in [6.07, 6.45) is 4.53. The van der Waals surface area contributed by atoms with E-state index in [1.54, 1.807) is 0 Å². The second kappa shape index (κ2) is 4.91. The van der Waals surface area contributed by atoms with Gasteiger partial charge in [-0.15, -0.1) is 0 Å². The van der Waals surface area contributed by atoms with E-state index in [1.807, 2.05) is 6.07 Å². The fourth-order valence-electron chi connectivity index (χ4n) is 6.91. The summed E-state index contributed by atoms with van der Waals surface area (Å²) < 4.78 is 0. The molecule has 1 heterocycles. The van der Waals surface area contributed by atoms with Gasteiger partial charge in [0.1, 0.15) is 11.5 Å². The average molecular weight is 329 g/mol.